The molecule has 1 amide bonds. The van der Waals surface area contributed by atoms with E-state index in [-0.39, 0.29) is 23.4 Å². The first-order valence-electron chi connectivity index (χ1n) is 8.06. The standard InChI is InChI=1S/C17H23N3O5S/c1-4-17(2,3)20-15(21)12-25-16(22)13-6-8-14(9-7-13)26(23,24)19-11-5-10-18/h6-9,19H,4-5,11-12H2,1-3H3,(H,20,21). The molecular formula is C17H23N3O5S. The second-order valence-corrected chi connectivity index (χ2v) is 7.96. The Morgan fingerprint density at radius 2 is 1.85 bits per heavy atom. The molecule has 0 aliphatic carbocycles. The van der Waals surface area contributed by atoms with Crippen molar-refractivity contribution < 1.29 is 22.7 Å². The molecule has 0 bridgehead atoms. The number of nitrogens with zero attached hydrogens (tertiary/aromatic N) is 1. The maximum Gasteiger partial charge on any atom is 0.338 e. The Morgan fingerprint density at radius 3 is 2.38 bits per heavy atom. The third-order valence-corrected chi connectivity index (χ3v) is 5.10. The lowest BCUT2D eigenvalue weighted by molar-refractivity contribution is -0.125. The summed E-state index contributed by atoms with van der Waals surface area (Å²) < 4.78 is 31.2. The molecule has 0 unspecified atom stereocenters. The lowest BCUT2D eigenvalue weighted by Crippen LogP contribution is -2.44. The SMILES string of the molecule is CCC(C)(C)NC(=O)COC(=O)c1ccc(S(=O)(=O)NCCC#N)cc1. The summed E-state index contributed by atoms with van der Waals surface area (Å²) in [7, 11) is -3.74. The van der Waals surface area contributed by atoms with Crippen molar-refractivity contribution in [2.24, 2.45) is 0 Å². The topological polar surface area (TPSA) is 125 Å². The van der Waals surface area contributed by atoms with Gasteiger partial charge >= 0.3 is 5.97 Å². The van der Waals surface area contributed by atoms with Gasteiger partial charge in [0.1, 0.15) is 0 Å². The molecule has 9 heteroatoms. The fraction of sp³-hybridized carbons (Fsp3) is 0.471. The highest BCUT2D eigenvalue weighted by atomic mass is 32.2. The average Bonchev–Trinajstić information content (AvgIpc) is 2.59. The van der Waals surface area contributed by atoms with Crippen LogP contribution in [-0.2, 0) is 19.6 Å². The number of hydrogen-bond donors (Lipinski definition) is 2. The molecule has 0 aliphatic heterocycles. The van der Waals surface area contributed by atoms with Crippen molar-refractivity contribution in [2.75, 3.05) is 13.2 Å². The van der Waals surface area contributed by atoms with Crippen LogP contribution in [0, 0.1) is 11.3 Å². The van der Waals surface area contributed by atoms with E-state index in [1.807, 2.05) is 26.8 Å². The number of nitriles is 1. The van der Waals surface area contributed by atoms with Crippen molar-refractivity contribution in [3.05, 3.63) is 29.8 Å². The number of amides is 1. The molecule has 26 heavy (non-hydrogen) atoms. The van der Waals surface area contributed by atoms with Gasteiger partial charge in [-0.15, -0.1) is 0 Å². The predicted molar refractivity (Wildman–Crippen MR) is 94.7 cm³/mol. The van der Waals surface area contributed by atoms with Gasteiger partial charge < -0.3 is 10.1 Å². The minimum absolute atomic E-state index is 0.00580. The van der Waals surface area contributed by atoms with Crippen molar-refractivity contribution in [3.8, 4) is 6.07 Å². The Balaban J connectivity index is 2.64. The Hall–Kier alpha value is -2.44. The minimum atomic E-state index is -3.74. The van der Waals surface area contributed by atoms with E-state index in [1.165, 1.54) is 24.3 Å². The molecule has 0 aromatic heterocycles. The third-order valence-electron chi connectivity index (χ3n) is 3.63. The monoisotopic (exact) mass is 381 g/mol. The normalized spacial score (nSPS) is 11.5. The van der Waals surface area contributed by atoms with Crippen LogP contribution in [0.2, 0.25) is 0 Å². The Bertz CT molecular complexity index is 780. The summed E-state index contributed by atoms with van der Waals surface area (Å²) in [5, 5.41) is 11.2. The van der Waals surface area contributed by atoms with Crippen LogP contribution in [0.1, 0.15) is 44.0 Å². The van der Waals surface area contributed by atoms with Gasteiger partial charge in [-0.3, -0.25) is 4.79 Å². The number of esters is 1. The molecule has 1 aromatic carbocycles. The van der Waals surface area contributed by atoms with Gasteiger partial charge in [0.15, 0.2) is 6.61 Å². The molecule has 0 aliphatic rings. The Morgan fingerprint density at radius 1 is 1.23 bits per heavy atom. The highest BCUT2D eigenvalue weighted by Crippen LogP contribution is 2.12. The first kappa shape index (κ1) is 21.6. The third kappa shape index (κ3) is 6.82. The van der Waals surface area contributed by atoms with Gasteiger partial charge in [-0.1, -0.05) is 6.92 Å². The van der Waals surface area contributed by atoms with Gasteiger partial charge in [0, 0.05) is 18.5 Å². The van der Waals surface area contributed by atoms with E-state index in [1.54, 1.807) is 0 Å². The van der Waals surface area contributed by atoms with Crippen molar-refractivity contribution in [1.82, 2.24) is 10.0 Å². The van der Waals surface area contributed by atoms with Gasteiger partial charge in [-0.2, -0.15) is 5.26 Å². The molecule has 0 heterocycles. The number of ether oxygens (including phenoxy) is 1. The van der Waals surface area contributed by atoms with E-state index in [4.69, 9.17) is 10.00 Å². The van der Waals surface area contributed by atoms with Gasteiger partial charge in [0.05, 0.1) is 16.5 Å². The number of carbonyl (C=O) groups excluding carboxylic acids is 2. The zero-order valence-corrected chi connectivity index (χ0v) is 15.9. The molecule has 1 rings (SSSR count). The van der Waals surface area contributed by atoms with E-state index in [0.717, 1.165) is 6.42 Å². The fourth-order valence-corrected chi connectivity index (χ4v) is 2.84. The molecule has 2 N–H and O–H groups in total. The summed E-state index contributed by atoms with van der Waals surface area (Å²) in [4.78, 5) is 23.7. The zero-order chi connectivity index (χ0) is 19.8. The van der Waals surface area contributed by atoms with Crippen LogP contribution in [0.15, 0.2) is 29.2 Å². The van der Waals surface area contributed by atoms with Crippen LogP contribution in [0.3, 0.4) is 0 Å². The number of hydrogen-bond acceptors (Lipinski definition) is 6. The molecule has 0 saturated carbocycles. The van der Waals surface area contributed by atoms with Crippen molar-refractivity contribution in [1.29, 1.82) is 5.26 Å². The first-order valence-corrected chi connectivity index (χ1v) is 9.54. The summed E-state index contributed by atoms with van der Waals surface area (Å²) in [6.45, 7) is 5.23. The molecule has 0 fully saturated rings. The van der Waals surface area contributed by atoms with E-state index in [0.29, 0.717) is 0 Å². The molecule has 0 spiro atoms. The molecule has 0 saturated heterocycles. The zero-order valence-electron chi connectivity index (χ0n) is 15.0. The minimum Gasteiger partial charge on any atom is -0.452 e. The maximum absolute atomic E-state index is 12.0. The molecule has 0 atom stereocenters. The maximum atomic E-state index is 12.0. The quantitative estimate of drug-likeness (QED) is 0.491. The van der Waals surface area contributed by atoms with Gasteiger partial charge in [0.2, 0.25) is 10.0 Å². The van der Waals surface area contributed by atoms with E-state index in [9.17, 15) is 18.0 Å². The highest BCUT2D eigenvalue weighted by molar-refractivity contribution is 7.89. The largest absolute Gasteiger partial charge is 0.452 e. The van der Waals surface area contributed by atoms with E-state index in [2.05, 4.69) is 10.0 Å². The molecule has 0 radical (unpaired) electrons. The first-order chi connectivity index (χ1) is 12.1. The molecule has 142 valence electrons. The second-order valence-electron chi connectivity index (χ2n) is 6.19. The number of benzene rings is 1. The Kier molecular flexibility index (Phi) is 7.74. The predicted octanol–water partition coefficient (Wildman–Crippen LogP) is 1.34. The van der Waals surface area contributed by atoms with Crippen LogP contribution in [0.4, 0.5) is 0 Å². The van der Waals surface area contributed by atoms with E-state index >= 15 is 0 Å². The lowest BCUT2D eigenvalue weighted by Gasteiger charge is -2.24. The van der Waals surface area contributed by atoms with Crippen LogP contribution >= 0.6 is 0 Å². The number of sulfonamides is 1. The van der Waals surface area contributed by atoms with Crippen molar-refractivity contribution in [2.45, 2.75) is 44.0 Å². The van der Waals surface area contributed by atoms with Gasteiger partial charge in [-0.25, -0.2) is 17.9 Å². The smallest absolute Gasteiger partial charge is 0.338 e. The van der Waals surface area contributed by atoms with Crippen LogP contribution in [-0.4, -0.2) is 39.0 Å². The summed E-state index contributed by atoms with van der Waals surface area (Å²) in [6.07, 6.45) is 0.783. The van der Waals surface area contributed by atoms with Crippen LogP contribution in [0.25, 0.3) is 0 Å². The number of nitrogens with one attached hydrogen (secondary N) is 2. The summed E-state index contributed by atoms with van der Waals surface area (Å²) >= 11 is 0. The van der Waals surface area contributed by atoms with E-state index < -0.39 is 34.0 Å². The Labute approximate surface area is 153 Å². The molecular weight excluding hydrogens is 358 g/mol. The van der Waals surface area contributed by atoms with Crippen LogP contribution < -0.4 is 10.0 Å². The summed E-state index contributed by atoms with van der Waals surface area (Å²) in [5.41, 5.74) is -0.263. The van der Waals surface area contributed by atoms with Crippen molar-refractivity contribution in [3.63, 3.8) is 0 Å². The number of rotatable bonds is 9. The van der Waals surface area contributed by atoms with Crippen molar-refractivity contribution >= 4 is 21.9 Å². The highest BCUT2D eigenvalue weighted by Gasteiger charge is 2.19. The van der Waals surface area contributed by atoms with Gasteiger partial charge in [0.25, 0.3) is 5.91 Å². The molecule has 8 nitrogen and oxygen atoms in total. The molecule has 1 aromatic rings. The summed E-state index contributed by atoms with van der Waals surface area (Å²) in [6, 6.07) is 6.95. The van der Waals surface area contributed by atoms with Crippen LogP contribution in [0.5, 0.6) is 0 Å². The summed E-state index contributed by atoms with van der Waals surface area (Å²) in [5.74, 6) is -1.14. The average molecular weight is 381 g/mol. The fourth-order valence-electron chi connectivity index (χ4n) is 1.81. The van der Waals surface area contributed by atoms with Gasteiger partial charge in [-0.05, 0) is 44.5 Å². The number of carbonyl (C=O) groups is 2. The second kappa shape index (κ2) is 9.31. The lowest BCUT2D eigenvalue weighted by atomic mass is 10.0.